The van der Waals surface area contributed by atoms with Gasteiger partial charge in [-0.05, 0) is 122 Å². The van der Waals surface area contributed by atoms with Crippen molar-refractivity contribution < 1.29 is 0 Å². The number of rotatable bonds is 7. The molecule has 0 aliphatic heterocycles. The monoisotopic (exact) mass is 738 g/mol. The second kappa shape index (κ2) is 14.1. The quantitative estimate of drug-likeness (QED) is 0.148. The third kappa shape index (κ3) is 5.82. The van der Waals surface area contributed by atoms with Crippen LogP contribution in [0.25, 0.3) is 82.4 Å². The van der Waals surface area contributed by atoms with Crippen molar-refractivity contribution in [3.8, 4) is 39.1 Å². The van der Waals surface area contributed by atoms with Crippen molar-refractivity contribution in [3.63, 3.8) is 0 Å². The first-order chi connectivity index (χ1) is 28.8. The number of para-hydroxylation sites is 2. The van der Waals surface area contributed by atoms with Gasteiger partial charge in [-0.3, -0.25) is 0 Å². The summed E-state index contributed by atoms with van der Waals surface area (Å²) in [6, 6.07) is 83.6. The number of hydrogen-bond donors (Lipinski definition) is 0. The molecule has 2 heteroatoms. The predicted octanol–water partition coefficient (Wildman–Crippen LogP) is 15.6. The van der Waals surface area contributed by atoms with E-state index in [1.54, 1.807) is 0 Å². The molecule has 1 aromatic heterocycles. The molecule has 0 bridgehead atoms. The van der Waals surface area contributed by atoms with Crippen LogP contribution in [0.15, 0.2) is 231 Å². The average molecular weight is 739 g/mol. The molecular formula is C56H38N2. The summed E-state index contributed by atoms with van der Waals surface area (Å²) in [6.45, 7) is 0. The Kier molecular flexibility index (Phi) is 8.19. The van der Waals surface area contributed by atoms with Crippen molar-refractivity contribution in [2.45, 2.75) is 0 Å². The van der Waals surface area contributed by atoms with E-state index in [0.717, 1.165) is 17.1 Å². The largest absolute Gasteiger partial charge is 0.310 e. The van der Waals surface area contributed by atoms with Crippen LogP contribution in [0.4, 0.5) is 17.1 Å². The Hall–Kier alpha value is -7.68. The first-order valence-electron chi connectivity index (χ1n) is 19.9. The molecule has 0 saturated heterocycles. The topological polar surface area (TPSA) is 8.17 Å². The highest BCUT2D eigenvalue weighted by molar-refractivity contribution is 6.14. The second-order valence-corrected chi connectivity index (χ2v) is 15.0. The molecule has 2 nitrogen and oxygen atoms in total. The number of fused-ring (bicyclic) bond motifs is 6. The molecule has 0 fully saturated rings. The summed E-state index contributed by atoms with van der Waals surface area (Å²) >= 11 is 0. The van der Waals surface area contributed by atoms with Crippen LogP contribution in [0.3, 0.4) is 0 Å². The summed E-state index contributed by atoms with van der Waals surface area (Å²) < 4.78 is 2.37. The van der Waals surface area contributed by atoms with Crippen molar-refractivity contribution in [1.29, 1.82) is 0 Å². The number of aromatic nitrogens is 1. The van der Waals surface area contributed by atoms with Crippen LogP contribution in [0, 0.1) is 0 Å². The van der Waals surface area contributed by atoms with Crippen LogP contribution in [0.5, 0.6) is 0 Å². The van der Waals surface area contributed by atoms with Gasteiger partial charge in [0.05, 0.1) is 11.0 Å². The summed E-state index contributed by atoms with van der Waals surface area (Å²) in [5.41, 5.74) is 14.1. The molecule has 0 atom stereocenters. The maximum Gasteiger partial charge on any atom is 0.0541 e. The van der Waals surface area contributed by atoms with Crippen LogP contribution in [-0.4, -0.2) is 4.57 Å². The molecule has 0 amide bonds. The fourth-order valence-electron chi connectivity index (χ4n) is 8.80. The highest BCUT2D eigenvalue weighted by Gasteiger charge is 2.17. The van der Waals surface area contributed by atoms with Gasteiger partial charge in [-0.25, -0.2) is 0 Å². The highest BCUT2D eigenvalue weighted by atomic mass is 15.1. The van der Waals surface area contributed by atoms with Gasteiger partial charge < -0.3 is 9.47 Å². The summed E-state index contributed by atoms with van der Waals surface area (Å²) in [5, 5.41) is 7.55. The van der Waals surface area contributed by atoms with Gasteiger partial charge in [-0.15, -0.1) is 0 Å². The second-order valence-electron chi connectivity index (χ2n) is 15.0. The van der Waals surface area contributed by atoms with E-state index in [1.807, 2.05) is 0 Å². The van der Waals surface area contributed by atoms with Gasteiger partial charge in [0, 0.05) is 33.5 Å². The van der Waals surface area contributed by atoms with Crippen molar-refractivity contribution in [2.24, 2.45) is 0 Å². The fraction of sp³-hybridized carbons (Fsp3) is 0. The Morgan fingerprint density at radius 3 is 1.62 bits per heavy atom. The van der Waals surface area contributed by atoms with E-state index in [4.69, 9.17) is 0 Å². The van der Waals surface area contributed by atoms with Crippen molar-refractivity contribution in [3.05, 3.63) is 231 Å². The molecule has 11 aromatic rings. The lowest BCUT2D eigenvalue weighted by atomic mass is 9.93. The maximum atomic E-state index is 2.38. The Morgan fingerprint density at radius 2 is 0.845 bits per heavy atom. The summed E-state index contributed by atoms with van der Waals surface area (Å²) in [6.07, 6.45) is 0. The fourth-order valence-corrected chi connectivity index (χ4v) is 8.80. The normalized spacial score (nSPS) is 11.4. The van der Waals surface area contributed by atoms with E-state index >= 15 is 0 Å². The lowest BCUT2D eigenvalue weighted by Gasteiger charge is -2.26. The van der Waals surface area contributed by atoms with Gasteiger partial charge in [-0.2, -0.15) is 0 Å². The summed E-state index contributed by atoms with van der Waals surface area (Å²) in [7, 11) is 0. The van der Waals surface area contributed by atoms with E-state index in [0.29, 0.717) is 0 Å². The molecule has 0 aliphatic carbocycles. The van der Waals surface area contributed by atoms with Gasteiger partial charge in [0.1, 0.15) is 0 Å². The van der Waals surface area contributed by atoms with Crippen molar-refractivity contribution in [1.82, 2.24) is 4.57 Å². The summed E-state index contributed by atoms with van der Waals surface area (Å²) in [4.78, 5) is 2.38. The third-order valence-electron chi connectivity index (χ3n) is 11.6. The van der Waals surface area contributed by atoms with Crippen molar-refractivity contribution >= 4 is 60.4 Å². The lowest BCUT2D eigenvalue weighted by molar-refractivity contribution is 1.18. The van der Waals surface area contributed by atoms with E-state index in [2.05, 4.69) is 240 Å². The molecule has 10 aromatic carbocycles. The molecule has 0 radical (unpaired) electrons. The standard InChI is InChI=1S/C56H38N2/c1-3-13-39(14-4-1)40-27-32-47(33-28-40)57(49-20-11-17-45(37-49)51-23-12-16-43-26-25-42-15-7-8-21-50(42)56(43)51)48-34-29-41(30-35-48)44-31-36-55-53(38-44)52-22-9-10-24-54(52)58(55)46-18-5-2-6-19-46/h1-38H. The number of benzene rings is 10. The van der Waals surface area contributed by atoms with Crippen LogP contribution in [-0.2, 0) is 0 Å². The molecule has 0 spiro atoms. The number of hydrogen-bond acceptors (Lipinski definition) is 1. The SMILES string of the molecule is c1ccc(-c2ccc(N(c3ccc(-c4ccc5c(c4)c4ccccc4n5-c4ccccc4)cc3)c3cccc(-c4cccc5ccc6ccccc6c45)c3)cc2)cc1. The van der Waals surface area contributed by atoms with Crippen LogP contribution in [0.1, 0.15) is 0 Å². The minimum Gasteiger partial charge on any atom is -0.310 e. The van der Waals surface area contributed by atoms with Gasteiger partial charge in [0.25, 0.3) is 0 Å². The van der Waals surface area contributed by atoms with E-state index in [-0.39, 0.29) is 0 Å². The van der Waals surface area contributed by atoms with Crippen LogP contribution < -0.4 is 4.90 Å². The van der Waals surface area contributed by atoms with E-state index in [1.165, 1.54) is 82.4 Å². The minimum atomic E-state index is 1.10. The zero-order valence-electron chi connectivity index (χ0n) is 31.8. The highest BCUT2D eigenvalue weighted by Crippen LogP contribution is 2.41. The molecule has 11 rings (SSSR count). The van der Waals surface area contributed by atoms with Gasteiger partial charge in [-0.1, -0.05) is 164 Å². The predicted molar refractivity (Wildman–Crippen MR) is 247 cm³/mol. The molecule has 0 saturated carbocycles. The average Bonchev–Trinajstić information content (AvgIpc) is 3.64. The Labute approximate surface area is 338 Å². The Balaban J connectivity index is 1.02. The molecular weight excluding hydrogens is 701 g/mol. The maximum absolute atomic E-state index is 2.38. The molecule has 0 aliphatic rings. The van der Waals surface area contributed by atoms with E-state index < -0.39 is 0 Å². The number of nitrogens with zero attached hydrogens (tertiary/aromatic N) is 2. The first-order valence-corrected chi connectivity index (χ1v) is 19.9. The zero-order valence-corrected chi connectivity index (χ0v) is 31.8. The van der Waals surface area contributed by atoms with Gasteiger partial charge >= 0.3 is 0 Å². The third-order valence-corrected chi connectivity index (χ3v) is 11.6. The lowest BCUT2D eigenvalue weighted by Crippen LogP contribution is -2.10. The molecule has 0 unspecified atom stereocenters. The van der Waals surface area contributed by atoms with E-state index in [9.17, 15) is 0 Å². The van der Waals surface area contributed by atoms with Gasteiger partial charge in [0.15, 0.2) is 0 Å². The van der Waals surface area contributed by atoms with Crippen molar-refractivity contribution in [2.75, 3.05) is 4.90 Å². The van der Waals surface area contributed by atoms with Crippen LogP contribution >= 0.6 is 0 Å². The molecule has 58 heavy (non-hydrogen) atoms. The molecule has 0 N–H and O–H groups in total. The first kappa shape index (κ1) is 33.6. The smallest absolute Gasteiger partial charge is 0.0541 e. The Morgan fingerprint density at radius 1 is 0.293 bits per heavy atom. The minimum absolute atomic E-state index is 1.10. The van der Waals surface area contributed by atoms with Crippen LogP contribution in [0.2, 0.25) is 0 Å². The molecule has 272 valence electrons. The number of anilines is 3. The Bertz CT molecular complexity index is 3250. The molecule has 1 heterocycles. The summed E-state index contributed by atoms with van der Waals surface area (Å²) in [5.74, 6) is 0. The zero-order chi connectivity index (χ0) is 38.4. The van der Waals surface area contributed by atoms with Gasteiger partial charge in [0.2, 0.25) is 0 Å².